The molecule has 0 atom stereocenters. The van der Waals surface area contributed by atoms with E-state index in [9.17, 15) is 0 Å². The van der Waals surface area contributed by atoms with Crippen LogP contribution in [0.1, 0.15) is 12.0 Å². The molecule has 1 aromatic carbocycles. The lowest BCUT2D eigenvalue weighted by molar-refractivity contribution is 0.916. The molecule has 0 amide bonds. The van der Waals surface area contributed by atoms with E-state index in [-0.39, 0.29) is 0 Å². The highest BCUT2D eigenvalue weighted by molar-refractivity contribution is 7.33. The Hall–Kier alpha value is 0.0169. The number of rotatable bonds is 4. The van der Waals surface area contributed by atoms with Crippen molar-refractivity contribution in [2.75, 3.05) is 0 Å². The SMILES string of the molecule is Cl[Si](Cl)CCCc1ccccc1. The van der Waals surface area contributed by atoms with Crippen LogP contribution >= 0.6 is 22.2 Å². The van der Waals surface area contributed by atoms with Gasteiger partial charge in [0, 0.05) is 0 Å². The molecular formula is C9H11Cl2Si. The van der Waals surface area contributed by atoms with Gasteiger partial charge in [0.1, 0.15) is 0 Å². The molecular weight excluding hydrogens is 207 g/mol. The van der Waals surface area contributed by atoms with E-state index < -0.39 is 7.42 Å². The topological polar surface area (TPSA) is 0 Å². The summed E-state index contributed by atoms with van der Waals surface area (Å²) in [6, 6.07) is 11.4. The van der Waals surface area contributed by atoms with Crippen molar-refractivity contribution >= 4 is 29.6 Å². The Bertz CT molecular complexity index is 211. The van der Waals surface area contributed by atoms with Crippen molar-refractivity contribution in [2.24, 2.45) is 0 Å². The highest BCUT2D eigenvalue weighted by Gasteiger charge is 2.02. The molecule has 0 unspecified atom stereocenters. The third-order valence-corrected chi connectivity index (χ3v) is 3.54. The fraction of sp³-hybridized carbons (Fsp3) is 0.333. The van der Waals surface area contributed by atoms with E-state index in [0.29, 0.717) is 0 Å². The maximum atomic E-state index is 5.71. The molecule has 65 valence electrons. The first-order chi connectivity index (χ1) is 5.79. The third-order valence-electron chi connectivity index (χ3n) is 1.67. The van der Waals surface area contributed by atoms with E-state index in [1.807, 2.05) is 6.07 Å². The smallest absolute Gasteiger partial charge is 0.147 e. The van der Waals surface area contributed by atoms with Gasteiger partial charge in [0.15, 0.2) is 0 Å². The summed E-state index contributed by atoms with van der Waals surface area (Å²) in [4.78, 5) is 0. The fourth-order valence-corrected chi connectivity index (χ4v) is 2.32. The molecule has 1 radical (unpaired) electrons. The van der Waals surface area contributed by atoms with E-state index in [2.05, 4.69) is 24.3 Å². The first-order valence-corrected chi connectivity index (χ1v) is 7.73. The summed E-state index contributed by atoms with van der Waals surface area (Å²) in [5, 5.41) is 0. The van der Waals surface area contributed by atoms with Crippen LogP contribution < -0.4 is 0 Å². The number of aryl methyl sites for hydroxylation is 1. The zero-order valence-electron chi connectivity index (χ0n) is 6.76. The second kappa shape index (κ2) is 5.63. The van der Waals surface area contributed by atoms with Crippen LogP contribution in [0.2, 0.25) is 6.04 Å². The van der Waals surface area contributed by atoms with E-state index in [4.69, 9.17) is 22.2 Å². The Kier molecular flexibility index (Phi) is 4.74. The van der Waals surface area contributed by atoms with Crippen LogP contribution in [-0.2, 0) is 6.42 Å². The van der Waals surface area contributed by atoms with Crippen molar-refractivity contribution in [3.05, 3.63) is 35.9 Å². The number of halogens is 2. The van der Waals surface area contributed by atoms with Crippen LogP contribution in [0.25, 0.3) is 0 Å². The molecule has 0 nitrogen and oxygen atoms in total. The van der Waals surface area contributed by atoms with Crippen molar-refractivity contribution in [3.8, 4) is 0 Å². The normalized spacial score (nSPS) is 10.6. The minimum Gasteiger partial charge on any atom is -0.147 e. The second-order valence-electron chi connectivity index (χ2n) is 2.68. The molecule has 0 aliphatic heterocycles. The van der Waals surface area contributed by atoms with Crippen LogP contribution in [0.5, 0.6) is 0 Å². The van der Waals surface area contributed by atoms with Gasteiger partial charge in [-0.05, 0) is 24.4 Å². The molecule has 0 heterocycles. The van der Waals surface area contributed by atoms with Crippen molar-refractivity contribution in [1.29, 1.82) is 0 Å². The van der Waals surface area contributed by atoms with Crippen LogP contribution in [0.3, 0.4) is 0 Å². The van der Waals surface area contributed by atoms with E-state index in [1.165, 1.54) is 5.56 Å². The lowest BCUT2D eigenvalue weighted by atomic mass is 10.1. The molecule has 0 N–H and O–H groups in total. The van der Waals surface area contributed by atoms with Gasteiger partial charge in [-0.3, -0.25) is 0 Å². The van der Waals surface area contributed by atoms with Gasteiger partial charge in [-0.15, -0.1) is 22.2 Å². The Morgan fingerprint density at radius 1 is 1.08 bits per heavy atom. The first kappa shape index (κ1) is 10.1. The number of hydrogen-bond donors (Lipinski definition) is 0. The fourth-order valence-electron chi connectivity index (χ4n) is 1.07. The van der Waals surface area contributed by atoms with Gasteiger partial charge in [-0.2, -0.15) is 0 Å². The molecule has 12 heavy (non-hydrogen) atoms. The van der Waals surface area contributed by atoms with Gasteiger partial charge in [0.2, 0.25) is 0 Å². The second-order valence-corrected chi connectivity index (χ2v) is 7.17. The zero-order valence-corrected chi connectivity index (χ0v) is 9.28. The number of hydrogen-bond acceptors (Lipinski definition) is 0. The van der Waals surface area contributed by atoms with E-state index in [1.54, 1.807) is 0 Å². The summed E-state index contributed by atoms with van der Waals surface area (Å²) in [6.45, 7) is 0. The summed E-state index contributed by atoms with van der Waals surface area (Å²) in [5.41, 5.74) is 1.37. The summed E-state index contributed by atoms with van der Waals surface area (Å²) in [5.74, 6) is 0. The van der Waals surface area contributed by atoms with E-state index in [0.717, 1.165) is 18.9 Å². The average Bonchev–Trinajstić information content (AvgIpc) is 2.05. The van der Waals surface area contributed by atoms with E-state index >= 15 is 0 Å². The van der Waals surface area contributed by atoms with Gasteiger partial charge >= 0.3 is 0 Å². The molecule has 0 aliphatic carbocycles. The lowest BCUT2D eigenvalue weighted by Crippen LogP contribution is -1.93. The largest absolute Gasteiger partial charge is 0.273 e. The summed E-state index contributed by atoms with van der Waals surface area (Å²) in [7, 11) is -1.06. The minimum absolute atomic E-state index is 0.975. The zero-order chi connectivity index (χ0) is 8.81. The first-order valence-electron chi connectivity index (χ1n) is 4.00. The molecule has 0 bridgehead atoms. The Balaban J connectivity index is 2.25. The van der Waals surface area contributed by atoms with Crippen LogP contribution in [0.15, 0.2) is 30.3 Å². The van der Waals surface area contributed by atoms with Gasteiger partial charge in [-0.1, -0.05) is 30.3 Å². The Morgan fingerprint density at radius 3 is 2.33 bits per heavy atom. The molecule has 0 aromatic heterocycles. The highest BCUT2D eigenvalue weighted by atomic mass is 35.7. The molecule has 1 aromatic rings. The monoisotopic (exact) mass is 217 g/mol. The summed E-state index contributed by atoms with van der Waals surface area (Å²) >= 11 is 11.4. The highest BCUT2D eigenvalue weighted by Crippen LogP contribution is 2.10. The molecule has 0 saturated carbocycles. The summed E-state index contributed by atoms with van der Waals surface area (Å²) < 4.78 is 0. The van der Waals surface area contributed by atoms with Gasteiger partial charge in [-0.25, -0.2) is 0 Å². The quantitative estimate of drug-likeness (QED) is 0.535. The van der Waals surface area contributed by atoms with Crippen LogP contribution in [-0.4, -0.2) is 7.42 Å². The summed E-state index contributed by atoms with van der Waals surface area (Å²) in [6.07, 6.45) is 2.19. The van der Waals surface area contributed by atoms with Crippen molar-refractivity contribution in [2.45, 2.75) is 18.9 Å². The minimum atomic E-state index is -1.06. The standard InChI is InChI=1S/C9H11Cl2Si/c10-12(11)8-4-7-9-5-2-1-3-6-9/h1-3,5-6H,4,7-8H2. The molecule has 0 spiro atoms. The van der Waals surface area contributed by atoms with Gasteiger partial charge < -0.3 is 0 Å². The van der Waals surface area contributed by atoms with Crippen molar-refractivity contribution in [3.63, 3.8) is 0 Å². The van der Waals surface area contributed by atoms with Gasteiger partial charge in [0.05, 0.1) is 0 Å². The van der Waals surface area contributed by atoms with Crippen molar-refractivity contribution in [1.82, 2.24) is 0 Å². The Morgan fingerprint density at radius 2 is 1.75 bits per heavy atom. The predicted molar refractivity (Wildman–Crippen MR) is 57.0 cm³/mol. The molecule has 0 saturated heterocycles. The molecule has 0 fully saturated rings. The van der Waals surface area contributed by atoms with Crippen LogP contribution in [0.4, 0.5) is 0 Å². The molecule has 0 aliphatic rings. The predicted octanol–water partition coefficient (Wildman–Crippen LogP) is 3.59. The average molecular weight is 218 g/mol. The molecule has 3 heteroatoms. The van der Waals surface area contributed by atoms with Crippen LogP contribution in [0, 0.1) is 0 Å². The maximum Gasteiger partial charge on any atom is 0.273 e. The lowest BCUT2D eigenvalue weighted by Gasteiger charge is -1.99. The third kappa shape index (κ3) is 4.15. The van der Waals surface area contributed by atoms with Gasteiger partial charge in [0.25, 0.3) is 7.42 Å². The molecule has 1 rings (SSSR count). The maximum absolute atomic E-state index is 5.71. The van der Waals surface area contributed by atoms with Crippen molar-refractivity contribution < 1.29 is 0 Å². The Labute approximate surface area is 84.5 Å². The number of benzene rings is 1.